The molecule has 0 bridgehead atoms. The van der Waals surface area contributed by atoms with E-state index in [9.17, 15) is 4.79 Å². The normalized spacial score (nSPS) is 10.2. The molecule has 0 saturated carbocycles. The van der Waals surface area contributed by atoms with E-state index >= 15 is 0 Å². The Hall–Kier alpha value is -0.830. The SMILES string of the molecule is C=C(CCN(CC)CC)C(N)=O. The van der Waals surface area contributed by atoms with Crippen molar-refractivity contribution in [2.75, 3.05) is 19.6 Å². The van der Waals surface area contributed by atoms with Crippen molar-refractivity contribution < 1.29 is 4.79 Å². The number of amides is 1. The van der Waals surface area contributed by atoms with Gasteiger partial charge in [0, 0.05) is 12.1 Å². The van der Waals surface area contributed by atoms with Crippen LogP contribution >= 0.6 is 0 Å². The van der Waals surface area contributed by atoms with E-state index in [0.717, 1.165) is 19.6 Å². The lowest BCUT2D eigenvalue weighted by molar-refractivity contribution is -0.114. The Bertz CT molecular complexity index is 162. The minimum absolute atomic E-state index is 0.387. The van der Waals surface area contributed by atoms with Gasteiger partial charge in [-0.05, 0) is 19.5 Å². The molecular weight excluding hydrogens is 152 g/mol. The summed E-state index contributed by atoms with van der Waals surface area (Å²) in [6.45, 7) is 10.7. The predicted molar refractivity (Wildman–Crippen MR) is 50.7 cm³/mol. The van der Waals surface area contributed by atoms with Gasteiger partial charge in [-0.2, -0.15) is 0 Å². The lowest BCUT2D eigenvalue weighted by atomic mass is 10.2. The van der Waals surface area contributed by atoms with Crippen LogP contribution in [0.15, 0.2) is 12.2 Å². The van der Waals surface area contributed by atoms with E-state index in [4.69, 9.17) is 5.73 Å². The molecule has 0 radical (unpaired) electrons. The van der Waals surface area contributed by atoms with Crippen LogP contribution in [0, 0.1) is 0 Å². The van der Waals surface area contributed by atoms with Crippen LogP contribution in [0.25, 0.3) is 0 Å². The largest absolute Gasteiger partial charge is 0.366 e. The van der Waals surface area contributed by atoms with Gasteiger partial charge < -0.3 is 10.6 Å². The summed E-state index contributed by atoms with van der Waals surface area (Å²) in [5.74, 6) is -0.387. The van der Waals surface area contributed by atoms with Crippen molar-refractivity contribution in [2.24, 2.45) is 5.73 Å². The van der Waals surface area contributed by atoms with Gasteiger partial charge in [-0.25, -0.2) is 0 Å². The molecule has 0 atom stereocenters. The lowest BCUT2D eigenvalue weighted by Gasteiger charge is -2.17. The smallest absolute Gasteiger partial charge is 0.244 e. The molecular formula is C9H18N2O. The third-order valence-electron chi connectivity index (χ3n) is 1.97. The van der Waals surface area contributed by atoms with Crippen LogP contribution in [-0.4, -0.2) is 30.4 Å². The topological polar surface area (TPSA) is 46.3 Å². The fourth-order valence-electron chi connectivity index (χ4n) is 0.956. The quantitative estimate of drug-likeness (QED) is 0.598. The highest BCUT2D eigenvalue weighted by Crippen LogP contribution is 1.99. The maximum absolute atomic E-state index is 10.6. The Morgan fingerprint density at radius 2 is 1.92 bits per heavy atom. The van der Waals surface area contributed by atoms with Crippen LogP contribution < -0.4 is 5.73 Å². The number of rotatable bonds is 6. The third-order valence-corrected chi connectivity index (χ3v) is 1.97. The molecule has 0 aromatic heterocycles. The van der Waals surface area contributed by atoms with Crippen molar-refractivity contribution in [3.8, 4) is 0 Å². The first-order valence-corrected chi connectivity index (χ1v) is 4.31. The molecule has 0 unspecified atom stereocenters. The number of hydrogen-bond acceptors (Lipinski definition) is 2. The Morgan fingerprint density at radius 3 is 2.25 bits per heavy atom. The standard InChI is InChI=1S/C9H18N2O/c1-4-11(5-2)7-6-8(3)9(10)12/h3-7H2,1-2H3,(H2,10,12). The van der Waals surface area contributed by atoms with Gasteiger partial charge >= 0.3 is 0 Å². The molecule has 0 aromatic carbocycles. The second kappa shape index (κ2) is 5.77. The van der Waals surface area contributed by atoms with E-state index in [-0.39, 0.29) is 5.91 Å². The van der Waals surface area contributed by atoms with Crippen molar-refractivity contribution in [3.63, 3.8) is 0 Å². The zero-order valence-corrected chi connectivity index (χ0v) is 7.97. The monoisotopic (exact) mass is 170 g/mol. The number of hydrogen-bond donors (Lipinski definition) is 1. The van der Waals surface area contributed by atoms with Gasteiger partial charge in [0.2, 0.25) is 5.91 Å². The zero-order valence-electron chi connectivity index (χ0n) is 7.97. The first-order valence-electron chi connectivity index (χ1n) is 4.31. The summed E-state index contributed by atoms with van der Waals surface area (Å²) >= 11 is 0. The van der Waals surface area contributed by atoms with Gasteiger partial charge in [-0.15, -0.1) is 0 Å². The molecule has 70 valence electrons. The average Bonchev–Trinajstić information content (AvgIpc) is 2.05. The van der Waals surface area contributed by atoms with Gasteiger partial charge in [-0.1, -0.05) is 20.4 Å². The van der Waals surface area contributed by atoms with Crippen molar-refractivity contribution in [3.05, 3.63) is 12.2 Å². The number of primary amides is 1. The van der Waals surface area contributed by atoms with Crippen LogP contribution in [0.4, 0.5) is 0 Å². The van der Waals surface area contributed by atoms with Crippen LogP contribution in [-0.2, 0) is 4.79 Å². The molecule has 0 fully saturated rings. The first kappa shape index (κ1) is 11.2. The number of nitrogens with two attached hydrogens (primary N) is 1. The number of carbonyl (C=O) groups excluding carboxylic acids is 1. The van der Waals surface area contributed by atoms with Crippen molar-refractivity contribution >= 4 is 5.91 Å². The molecule has 3 nitrogen and oxygen atoms in total. The molecule has 3 heteroatoms. The summed E-state index contributed by atoms with van der Waals surface area (Å²) in [7, 11) is 0. The minimum Gasteiger partial charge on any atom is -0.366 e. The molecule has 2 N–H and O–H groups in total. The van der Waals surface area contributed by atoms with Gasteiger partial charge in [0.15, 0.2) is 0 Å². The molecule has 0 aliphatic heterocycles. The van der Waals surface area contributed by atoms with E-state index in [0.29, 0.717) is 12.0 Å². The van der Waals surface area contributed by atoms with Crippen LogP contribution in [0.1, 0.15) is 20.3 Å². The third kappa shape index (κ3) is 4.13. The molecule has 0 aliphatic carbocycles. The van der Waals surface area contributed by atoms with Crippen LogP contribution in [0.3, 0.4) is 0 Å². The second-order valence-electron chi connectivity index (χ2n) is 2.74. The van der Waals surface area contributed by atoms with E-state index in [1.165, 1.54) is 0 Å². The Kier molecular flexibility index (Phi) is 5.37. The van der Waals surface area contributed by atoms with E-state index < -0.39 is 0 Å². The summed E-state index contributed by atoms with van der Waals surface area (Å²) in [4.78, 5) is 12.8. The fraction of sp³-hybridized carbons (Fsp3) is 0.667. The van der Waals surface area contributed by atoms with E-state index in [1.54, 1.807) is 0 Å². The summed E-state index contributed by atoms with van der Waals surface area (Å²) in [6.07, 6.45) is 0.678. The molecule has 0 aliphatic rings. The number of nitrogens with zero attached hydrogens (tertiary/aromatic N) is 1. The summed E-state index contributed by atoms with van der Waals surface area (Å²) < 4.78 is 0. The van der Waals surface area contributed by atoms with Crippen molar-refractivity contribution in [1.29, 1.82) is 0 Å². The summed E-state index contributed by atoms with van der Waals surface area (Å²) in [5, 5.41) is 0. The summed E-state index contributed by atoms with van der Waals surface area (Å²) in [5.41, 5.74) is 5.56. The van der Waals surface area contributed by atoms with E-state index in [1.807, 2.05) is 0 Å². The van der Waals surface area contributed by atoms with Gasteiger partial charge in [0.25, 0.3) is 0 Å². The summed E-state index contributed by atoms with van der Waals surface area (Å²) in [6, 6.07) is 0. The molecule has 0 heterocycles. The fourth-order valence-corrected chi connectivity index (χ4v) is 0.956. The van der Waals surface area contributed by atoms with Crippen LogP contribution in [0.2, 0.25) is 0 Å². The van der Waals surface area contributed by atoms with Crippen molar-refractivity contribution in [1.82, 2.24) is 4.90 Å². The average molecular weight is 170 g/mol. The highest BCUT2D eigenvalue weighted by atomic mass is 16.1. The Labute approximate surface area is 74.2 Å². The van der Waals surface area contributed by atoms with E-state index in [2.05, 4.69) is 25.3 Å². The van der Waals surface area contributed by atoms with Crippen LogP contribution in [0.5, 0.6) is 0 Å². The van der Waals surface area contributed by atoms with Gasteiger partial charge in [0.05, 0.1) is 0 Å². The molecule has 12 heavy (non-hydrogen) atoms. The van der Waals surface area contributed by atoms with Gasteiger partial charge in [-0.3, -0.25) is 4.79 Å². The maximum atomic E-state index is 10.6. The maximum Gasteiger partial charge on any atom is 0.244 e. The lowest BCUT2D eigenvalue weighted by Crippen LogP contribution is -2.26. The Morgan fingerprint density at radius 1 is 1.42 bits per heavy atom. The predicted octanol–water partition coefficient (Wildman–Crippen LogP) is 0.760. The molecule has 0 rings (SSSR count). The first-order chi connectivity index (χ1) is 5.61. The minimum atomic E-state index is -0.387. The number of carbonyl (C=O) groups is 1. The highest BCUT2D eigenvalue weighted by Gasteiger charge is 2.03. The zero-order chi connectivity index (χ0) is 9.56. The molecule has 0 saturated heterocycles. The molecule has 1 amide bonds. The Balaban J connectivity index is 3.66. The van der Waals surface area contributed by atoms with Gasteiger partial charge in [0.1, 0.15) is 0 Å². The molecule has 0 spiro atoms. The van der Waals surface area contributed by atoms with Crippen molar-refractivity contribution in [2.45, 2.75) is 20.3 Å². The highest BCUT2D eigenvalue weighted by molar-refractivity contribution is 5.91. The second-order valence-corrected chi connectivity index (χ2v) is 2.74. The molecule has 0 aromatic rings.